The fourth-order valence-corrected chi connectivity index (χ4v) is 3.21. The summed E-state index contributed by atoms with van der Waals surface area (Å²) in [5.74, 6) is -1.18. The van der Waals surface area contributed by atoms with E-state index < -0.39 is 17.4 Å². The quantitative estimate of drug-likeness (QED) is 0.839. The monoisotopic (exact) mass is 290 g/mol. The number of amides is 1. The Kier molecular flexibility index (Phi) is 4.63. The van der Waals surface area contributed by atoms with Gasteiger partial charge in [0.25, 0.3) is 0 Å². The van der Waals surface area contributed by atoms with Crippen LogP contribution in [0.5, 0.6) is 0 Å². The molecule has 1 unspecified atom stereocenters. The van der Waals surface area contributed by atoms with Gasteiger partial charge in [0.1, 0.15) is 5.54 Å². The number of rotatable bonds is 6. The number of primary amides is 1. The molecule has 21 heavy (non-hydrogen) atoms. The highest BCUT2D eigenvalue weighted by Crippen LogP contribution is 2.35. The molecular weight excluding hydrogens is 268 g/mol. The Morgan fingerprint density at radius 3 is 2.52 bits per heavy atom. The van der Waals surface area contributed by atoms with Crippen LogP contribution in [0.15, 0.2) is 24.3 Å². The Balaban J connectivity index is 2.17. The molecule has 1 aliphatic rings. The number of carboxylic acids is 1. The third kappa shape index (κ3) is 3.08. The molecule has 1 fully saturated rings. The van der Waals surface area contributed by atoms with Gasteiger partial charge in [-0.1, -0.05) is 25.5 Å². The molecule has 0 radical (unpaired) electrons. The SMILES string of the molecule is CCCC1(C(=O)O)CCCN1Cc1ccc(C(N)=O)cc1. The lowest BCUT2D eigenvalue weighted by Crippen LogP contribution is -2.49. The molecule has 5 heteroatoms. The molecule has 0 aromatic heterocycles. The maximum Gasteiger partial charge on any atom is 0.324 e. The van der Waals surface area contributed by atoms with Crippen LogP contribution in [0, 0.1) is 0 Å². The number of nitrogens with two attached hydrogens (primary N) is 1. The first-order valence-corrected chi connectivity index (χ1v) is 7.37. The van der Waals surface area contributed by atoms with Gasteiger partial charge in [-0.2, -0.15) is 0 Å². The molecule has 0 saturated carbocycles. The normalized spacial score (nSPS) is 22.3. The minimum absolute atomic E-state index is 0.450. The third-order valence-corrected chi connectivity index (χ3v) is 4.30. The number of nitrogens with zero attached hydrogens (tertiary/aromatic N) is 1. The molecule has 0 bridgehead atoms. The zero-order valence-corrected chi connectivity index (χ0v) is 12.3. The minimum atomic E-state index is -0.739. The summed E-state index contributed by atoms with van der Waals surface area (Å²) in [5, 5.41) is 9.66. The number of hydrogen-bond acceptors (Lipinski definition) is 3. The van der Waals surface area contributed by atoms with Gasteiger partial charge in [-0.05, 0) is 43.5 Å². The zero-order valence-electron chi connectivity index (χ0n) is 12.3. The van der Waals surface area contributed by atoms with E-state index in [1.54, 1.807) is 12.1 Å². The summed E-state index contributed by atoms with van der Waals surface area (Å²) in [6.07, 6.45) is 3.13. The van der Waals surface area contributed by atoms with E-state index in [-0.39, 0.29) is 0 Å². The average molecular weight is 290 g/mol. The van der Waals surface area contributed by atoms with E-state index in [4.69, 9.17) is 5.73 Å². The van der Waals surface area contributed by atoms with Crippen molar-refractivity contribution in [1.82, 2.24) is 4.90 Å². The van der Waals surface area contributed by atoms with E-state index in [2.05, 4.69) is 4.90 Å². The maximum atomic E-state index is 11.8. The van der Waals surface area contributed by atoms with Gasteiger partial charge in [0.2, 0.25) is 5.91 Å². The van der Waals surface area contributed by atoms with Gasteiger partial charge in [0.05, 0.1) is 0 Å². The Labute approximate surface area is 124 Å². The van der Waals surface area contributed by atoms with Crippen molar-refractivity contribution in [2.75, 3.05) is 6.54 Å². The lowest BCUT2D eigenvalue weighted by molar-refractivity contribution is -0.150. The Hall–Kier alpha value is -1.88. The van der Waals surface area contributed by atoms with Gasteiger partial charge in [0, 0.05) is 12.1 Å². The topological polar surface area (TPSA) is 83.6 Å². The highest BCUT2D eigenvalue weighted by molar-refractivity contribution is 5.92. The molecule has 1 aliphatic heterocycles. The van der Waals surface area contributed by atoms with Crippen molar-refractivity contribution >= 4 is 11.9 Å². The molecule has 0 aliphatic carbocycles. The third-order valence-electron chi connectivity index (χ3n) is 4.30. The van der Waals surface area contributed by atoms with E-state index in [9.17, 15) is 14.7 Å². The van der Waals surface area contributed by atoms with E-state index >= 15 is 0 Å². The van der Waals surface area contributed by atoms with Gasteiger partial charge < -0.3 is 10.8 Å². The van der Waals surface area contributed by atoms with Gasteiger partial charge in [-0.25, -0.2) is 0 Å². The number of benzene rings is 1. The molecule has 114 valence electrons. The predicted octanol–water partition coefficient (Wildman–Crippen LogP) is 2.00. The highest BCUT2D eigenvalue weighted by Gasteiger charge is 2.46. The second kappa shape index (κ2) is 6.26. The average Bonchev–Trinajstić information content (AvgIpc) is 2.84. The molecule has 0 spiro atoms. The summed E-state index contributed by atoms with van der Waals surface area (Å²) in [6, 6.07) is 7.07. The van der Waals surface area contributed by atoms with Crippen LogP contribution < -0.4 is 5.73 Å². The van der Waals surface area contributed by atoms with Gasteiger partial charge in [-0.15, -0.1) is 0 Å². The van der Waals surface area contributed by atoms with Crippen molar-refractivity contribution in [2.45, 2.75) is 44.7 Å². The molecule has 1 amide bonds. The van der Waals surface area contributed by atoms with Crippen molar-refractivity contribution < 1.29 is 14.7 Å². The number of likely N-dealkylation sites (tertiary alicyclic amines) is 1. The van der Waals surface area contributed by atoms with E-state index in [1.807, 2.05) is 19.1 Å². The van der Waals surface area contributed by atoms with Crippen LogP contribution >= 0.6 is 0 Å². The van der Waals surface area contributed by atoms with E-state index in [0.717, 1.165) is 24.9 Å². The van der Waals surface area contributed by atoms with Crippen molar-refractivity contribution in [3.05, 3.63) is 35.4 Å². The zero-order chi connectivity index (χ0) is 15.5. The number of carbonyl (C=O) groups is 2. The number of hydrogen-bond donors (Lipinski definition) is 2. The standard InChI is InChI=1S/C16H22N2O3/c1-2-8-16(15(20)21)9-3-10-18(16)11-12-4-6-13(7-5-12)14(17)19/h4-7H,2-3,8-11H2,1H3,(H2,17,19)(H,20,21). The minimum Gasteiger partial charge on any atom is -0.480 e. The smallest absolute Gasteiger partial charge is 0.324 e. The fourth-order valence-electron chi connectivity index (χ4n) is 3.21. The van der Waals surface area contributed by atoms with Crippen LogP contribution in [-0.4, -0.2) is 34.0 Å². The lowest BCUT2D eigenvalue weighted by atomic mass is 9.90. The van der Waals surface area contributed by atoms with Crippen LogP contribution in [0.1, 0.15) is 48.5 Å². The maximum absolute atomic E-state index is 11.8. The Morgan fingerprint density at radius 1 is 1.33 bits per heavy atom. The van der Waals surface area contributed by atoms with E-state index in [0.29, 0.717) is 24.9 Å². The summed E-state index contributed by atoms with van der Waals surface area (Å²) in [5.41, 5.74) is 5.96. The number of carboxylic acid groups (broad SMARTS) is 1. The largest absolute Gasteiger partial charge is 0.480 e. The molecule has 1 aromatic carbocycles. The number of carbonyl (C=O) groups excluding carboxylic acids is 1. The van der Waals surface area contributed by atoms with Crippen molar-refractivity contribution in [1.29, 1.82) is 0 Å². The second-order valence-electron chi connectivity index (χ2n) is 5.67. The Morgan fingerprint density at radius 2 is 2.00 bits per heavy atom. The molecular formula is C16H22N2O3. The Bertz CT molecular complexity index is 527. The van der Waals surface area contributed by atoms with Crippen LogP contribution in [0.2, 0.25) is 0 Å². The molecule has 1 atom stereocenters. The molecule has 1 saturated heterocycles. The summed E-state index contributed by atoms with van der Waals surface area (Å²) in [7, 11) is 0. The lowest BCUT2D eigenvalue weighted by Gasteiger charge is -2.34. The summed E-state index contributed by atoms with van der Waals surface area (Å²) < 4.78 is 0. The summed E-state index contributed by atoms with van der Waals surface area (Å²) in [6.45, 7) is 3.40. The van der Waals surface area contributed by atoms with Crippen molar-refractivity contribution in [3.8, 4) is 0 Å². The summed E-state index contributed by atoms with van der Waals surface area (Å²) in [4.78, 5) is 24.9. The molecule has 1 aromatic rings. The first-order chi connectivity index (χ1) is 9.99. The molecule has 1 heterocycles. The van der Waals surface area contributed by atoms with Crippen molar-refractivity contribution in [3.63, 3.8) is 0 Å². The fraction of sp³-hybridized carbons (Fsp3) is 0.500. The molecule has 2 rings (SSSR count). The van der Waals surface area contributed by atoms with Crippen LogP contribution in [0.4, 0.5) is 0 Å². The molecule has 5 nitrogen and oxygen atoms in total. The van der Waals surface area contributed by atoms with Gasteiger partial charge >= 0.3 is 5.97 Å². The summed E-state index contributed by atoms with van der Waals surface area (Å²) >= 11 is 0. The van der Waals surface area contributed by atoms with Gasteiger partial charge in [0.15, 0.2) is 0 Å². The second-order valence-corrected chi connectivity index (χ2v) is 5.67. The first-order valence-electron chi connectivity index (χ1n) is 7.37. The van der Waals surface area contributed by atoms with Crippen molar-refractivity contribution in [2.24, 2.45) is 5.73 Å². The van der Waals surface area contributed by atoms with E-state index in [1.165, 1.54) is 0 Å². The number of aliphatic carboxylic acids is 1. The van der Waals surface area contributed by atoms with Crippen LogP contribution in [0.25, 0.3) is 0 Å². The van der Waals surface area contributed by atoms with Gasteiger partial charge in [-0.3, -0.25) is 14.5 Å². The van der Waals surface area contributed by atoms with Crippen LogP contribution in [-0.2, 0) is 11.3 Å². The highest BCUT2D eigenvalue weighted by atomic mass is 16.4. The molecule has 3 N–H and O–H groups in total. The predicted molar refractivity (Wildman–Crippen MR) is 79.9 cm³/mol. The van der Waals surface area contributed by atoms with Crippen LogP contribution in [0.3, 0.4) is 0 Å². The first kappa shape index (κ1) is 15.5.